The van der Waals surface area contributed by atoms with Gasteiger partial charge >= 0.3 is 5.97 Å². The van der Waals surface area contributed by atoms with Crippen molar-refractivity contribution in [2.24, 2.45) is 0 Å². The molecule has 0 aromatic carbocycles. The monoisotopic (exact) mass is 144 g/mol. The third kappa shape index (κ3) is 2.05. The molecule has 1 atom stereocenters. The van der Waals surface area contributed by atoms with Gasteiger partial charge in [0.2, 0.25) is 0 Å². The quantitative estimate of drug-likeness (QED) is 0.435. The molecule has 0 rings (SSSR count). The van der Waals surface area contributed by atoms with Gasteiger partial charge in [-0.25, -0.2) is 4.79 Å². The van der Waals surface area contributed by atoms with Crippen LogP contribution in [0.15, 0.2) is 0 Å². The molecule has 0 fully saturated rings. The van der Waals surface area contributed by atoms with Crippen molar-refractivity contribution in [2.45, 2.75) is 19.9 Å². The van der Waals surface area contributed by atoms with Gasteiger partial charge in [-0.3, -0.25) is 5.41 Å². The van der Waals surface area contributed by atoms with Crippen molar-refractivity contribution >= 4 is 11.8 Å². The second-order valence-electron chi connectivity index (χ2n) is 2.21. The molecule has 4 nitrogen and oxygen atoms in total. The molecule has 1 unspecified atom stereocenters. The van der Waals surface area contributed by atoms with E-state index in [-0.39, 0.29) is 5.84 Å². The summed E-state index contributed by atoms with van der Waals surface area (Å²) in [5.41, 5.74) is 0. The molecule has 0 aromatic heterocycles. The van der Waals surface area contributed by atoms with Crippen LogP contribution in [-0.2, 0) is 4.79 Å². The summed E-state index contributed by atoms with van der Waals surface area (Å²) >= 11 is 0. The fourth-order valence-electron chi connectivity index (χ4n) is 0.456. The zero-order chi connectivity index (χ0) is 8.31. The van der Waals surface area contributed by atoms with Crippen molar-refractivity contribution in [3.05, 3.63) is 0 Å². The Morgan fingerprint density at radius 1 is 1.70 bits per heavy atom. The van der Waals surface area contributed by atoms with Crippen LogP contribution in [0.1, 0.15) is 13.8 Å². The number of hydrogen-bond donors (Lipinski definition) is 2. The fraction of sp³-hybridized carbons (Fsp3) is 0.667. The Balaban J connectivity index is 4.07. The van der Waals surface area contributed by atoms with E-state index in [9.17, 15) is 4.79 Å². The number of rotatable bonds is 2. The molecular formula is C6H12N2O2. The summed E-state index contributed by atoms with van der Waals surface area (Å²) in [5.74, 6) is -0.649. The summed E-state index contributed by atoms with van der Waals surface area (Å²) in [7, 11) is 1.58. The van der Waals surface area contributed by atoms with Crippen LogP contribution >= 0.6 is 0 Å². The summed E-state index contributed by atoms with van der Waals surface area (Å²) < 4.78 is 0. The predicted octanol–water partition coefficient (Wildman–Crippen LogP) is 0.388. The summed E-state index contributed by atoms with van der Waals surface area (Å²) in [5, 5.41) is 15.5. The number of amidine groups is 1. The Hall–Kier alpha value is -1.06. The second-order valence-corrected chi connectivity index (χ2v) is 2.21. The molecular weight excluding hydrogens is 132 g/mol. The van der Waals surface area contributed by atoms with Crippen LogP contribution in [-0.4, -0.2) is 34.9 Å². The Bertz CT molecular complexity index is 138. The van der Waals surface area contributed by atoms with Gasteiger partial charge in [-0.05, 0) is 13.8 Å². The molecule has 0 spiro atoms. The zero-order valence-corrected chi connectivity index (χ0v) is 6.38. The Morgan fingerprint density at radius 2 is 2.10 bits per heavy atom. The first kappa shape index (κ1) is 8.94. The van der Waals surface area contributed by atoms with Crippen molar-refractivity contribution in [2.75, 3.05) is 7.05 Å². The van der Waals surface area contributed by atoms with Crippen molar-refractivity contribution in [3.63, 3.8) is 0 Å². The lowest BCUT2D eigenvalue weighted by atomic mass is 10.3. The Morgan fingerprint density at radius 3 is 2.20 bits per heavy atom. The third-order valence-electron chi connectivity index (χ3n) is 1.47. The minimum absolute atomic E-state index is 0.259. The van der Waals surface area contributed by atoms with Gasteiger partial charge < -0.3 is 10.0 Å². The van der Waals surface area contributed by atoms with Crippen molar-refractivity contribution in [1.29, 1.82) is 5.41 Å². The molecule has 0 saturated heterocycles. The highest BCUT2D eigenvalue weighted by molar-refractivity contribution is 5.83. The van der Waals surface area contributed by atoms with Gasteiger partial charge in [0, 0.05) is 7.05 Å². The number of carboxylic acids is 1. The van der Waals surface area contributed by atoms with E-state index >= 15 is 0 Å². The van der Waals surface area contributed by atoms with E-state index in [4.69, 9.17) is 10.5 Å². The van der Waals surface area contributed by atoms with E-state index in [1.54, 1.807) is 20.9 Å². The van der Waals surface area contributed by atoms with Crippen molar-refractivity contribution < 1.29 is 9.90 Å². The number of hydrogen-bond acceptors (Lipinski definition) is 2. The van der Waals surface area contributed by atoms with E-state index in [1.807, 2.05) is 0 Å². The number of carboxylic acid groups (broad SMARTS) is 1. The highest BCUT2D eigenvalue weighted by Crippen LogP contribution is 1.94. The standard InChI is InChI=1S/C6H12N2O2/c1-4(6(9)10)8(3)5(2)7/h4,7H,1-3H3,(H,9,10). The van der Waals surface area contributed by atoms with Gasteiger partial charge in [0.1, 0.15) is 6.04 Å². The number of carbonyl (C=O) groups is 1. The Labute approximate surface area is 60.0 Å². The summed E-state index contributed by atoms with van der Waals surface area (Å²) in [6.07, 6.45) is 0. The molecule has 0 saturated carbocycles. The van der Waals surface area contributed by atoms with Crippen molar-refractivity contribution in [1.82, 2.24) is 4.90 Å². The van der Waals surface area contributed by atoms with E-state index in [0.717, 1.165) is 0 Å². The number of nitrogens with one attached hydrogen (secondary N) is 1. The zero-order valence-electron chi connectivity index (χ0n) is 6.38. The van der Waals surface area contributed by atoms with Crippen LogP contribution in [0, 0.1) is 5.41 Å². The van der Waals surface area contributed by atoms with E-state index < -0.39 is 12.0 Å². The molecule has 0 aliphatic heterocycles. The average Bonchev–Trinajstić information content (AvgIpc) is 1.84. The van der Waals surface area contributed by atoms with Crippen molar-refractivity contribution in [3.8, 4) is 0 Å². The average molecular weight is 144 g/mol. The predicted molar refractivity (Wildman–Crippen MR) is 38.3 cm³/mol. The van der Waals surface area contributed by atoms with E-state index in [1.165, 1.54) is 4.90 Å². The maximum Gasteiger partial charge on any atom is 0.326 e. The topological polar surface area (TPSA) is 64.4 Å². The number of aliphatic carboxylic acids is 1. The first-order chi connectivity index (χ1) is 4.46. The number of nitrogens with zero attached hydrogens (tertiary/aromatic N) is 1. The molecule has 10 heavy (non-hydrogen) atoms. The molecule has 0 heterocycles. The van der Waals surface area contributed by atoms with Gasteiger partial charge in [0.25, 0.3) is 0 Å². The molecule has 2 N–H and O–H groups in total. The van der Waals surface area contributed by atoms with Crippen LogP contribution in [0.4, 0.5) is 0 Å². The maximum absolute atomic E-state index is 10.3. The van der Waals surface area contributed by atoms with Crippen LogP contribution in [0.2, 0.25) is 0 Å². The smallest absolute Gasteiger partial charge is 0.326 e. The molecule has 0 radical (unpaired) electrons. The lowest BCUT2D eigenvalue weighted by molar-refractivity contribution is -0.140. The van der Waals surface area contributed by atoms with E-state index in [2.05, 4.69) is 0 Å². The SMILES string of the molecule is CC(=N)N(C)C(C)C(=O)O. The van der Waals surface area contributed by atoms with Gasteiger partial charge in [-0.2, -0.15) is 0 Å². The fourth-order valence-corrected chi connectivity index (χ4v) is 0.456. The highest BCUT2D eigenvalue weighted by Gasteiger charge is 2.16. The lowest BCUT2D eigenvalue weighted by Gasteiger charge is -2.21. The minimum atomic E-state index is -0.908. The molecule has 58 valence electrons. The largest absolute Gasteiger partial charge is 0.480 e. The first-order valence-electron chi connectivity index (χ1n) is 2.97. The second kappa shape index (κ2) is 3.20. The summed E-state index contributed by atoms with van der Waals surface area (Å²) in [6.45, 7) is 3.10. The normalized spacial score (nSPS) is 12.3. The van der Waals surface area contributed by atoms with Gasteiger partial charge in [0.15, 0.2) is 0 Å². The minimum Gasteiger partial charge on any atom is -0.480 e. The van der Waals surface area contributed by atoms with Crippen LogP contribution in [0.5, 0.6) is 0 Å². The molecule has 0 bridgehead atoms. The lowest BCUT2D eigenvalue weighted by Crippen LogP contribution is -2.38. The van der Waals surface area contributed by atoms with Crippen LogP contribution in [0.25, 0.3) is 0 Å². The first-order valence-corrected chi connectivity index (χ1v) is 2.97. The van der Waals surface area contributed by atoms with Crippen LogP contribution < -0.4 is 0 Å². The van der Waals surface area contributed by atoms with Crippen LogP contribution in [0.3, 0.4) is 0 Å². The molecule has 0 aliphatic carbocycles. The number of likely N-dealkylation sites (N-methyl/N-ethyl adjacent to an activating group) is 1. The van der Waals surface area contributed by atoms with Gasteiger partial charge in [-0.1, -0.05) is 0 Å². The summed E-state index contributed by atoms with van der Waals surface area (Å²) in [6, 6.07) is -0.613. The molecule has 0 amide bonds. The van der Waals surface area contributed by atoms with Gasteiger partial charge in [-0.15, -0.1) is 0 Å². The molecule has 0 aromatic rings. The van der Waals surface area contributed by atoms with Gasteiger partial charge in [0.05, 0.1) is 5.84 Å². The van der Waals surface area contributed by atoms with E-state index in [0.29, 0.717) is 0 Å². The summed E-state index contributed by atoms with van der Waals surface area (Å²) in [4.78, 5) is 11.7. The Kier molecular flexibility index (Phi) is 2.86. The molecule has 4 heteroatoms. The third-order valence-corrected chi connectivity index (χ3v) is 1.47. The maximum atomic E-state index is 10.3. The highest BCUT2D eigenvalue weighted by atomic mass is 16.4. The molecule has 0 aliphatic rings.